The number of carbonyl (C=O) groups is 4. The molecule has 3 aromatic rings. The van der Waals surface area contributed by atoms with Crippen molar-refractivity contribution in [2.24, 2.45) is 5.92 Å². The maximum atomic E-state index is 13.4. The van der Waals surface area contributed by atoms with Crippen LogP contribution >= 0.6 is 0 Å². The molecule has 1 aliphatic rings. The van der Waals surface area contributed by atoms with Gasteiger partial charge in [-0.05, 0) is 23.5 Å². The zero-order valence-electron chi connectivity index (χ0n) is 23.2. The number of nitrogens with one attached hydrogen (secondary N) is 4. The summed E-state index contributed by atoms with van der Waals surface area (Å²) in [4.78, 5) is 54.0. The fourth-order valence-electron chi connectivity index (χ4n) is 4.95. The summed E-state index contributed by atoms with van der Waals surface area (Å²) >= 11 is 0. The molecule has 1 fully saturated rings. The maximum absolute atomic E-state index is 13.4. The SMILES string of the molecule is CC[C@H](C)[C@H](NC(=O)Cc1ccccc1)C(=O)NCC(=O)N1C[C@H](c2ccccc2)C[C@H]1C(=O)NCc1nn[nH]n1. The van der Waals surface area contributed by atoms with Crippen LogP contribution in [0, 0.1) is 5.92 Å². The molecule has 4 N–H and O–H groups in total. The molecule has 4 rings (SSSR count). The van der Waals surface area contributed by atoms with Crippen molar-refractivity contribution in [2.45, 2.75) is 57.7 Å². The Balaban J connectivity index is 1.40. The Labute approximate surface area is 238 Å². The van der Waals surface area contributed by atoms with Crippen molar-refractivity contribution in [2.75, 3.05) is 13.1 Å². The topological polar surface area (TPSA) is 162 Å². The fourth-order valence-corrected chi connectivity index (χ4v) is 4.95. The molecule has 0 unspecified atom stereocenters. The zero-order chi connectivity index (χ0) is 29.2. The molecule has 1 aromatic heterocycles. The lowest BCUT2D eigenvalue weighted by Crippen LogP contribution is -2.53. The zero-order valence-corrected chi connectivity index (χ0v) is 23.2. The Bertz CT molecular complexity index is 1300. The predicted molar refractivity (Wildman–Crippen MR) is 150 cm³/mol. The van der Waals surface area contributed by atoms with E-state index in [-0.39, 0.29) is 49.1 Å². The second-order valence-electron chi connectivity index (χ2n) is 10.3. The van der Waals surface area contributed by atoms with E-state index in [4.69, 9.17) is 0 Å². The average molecular weight is 561 g/mol. The Hall–Kier alpha value is -4.61. The fraction of sp³-hybridized carbons (Fsp3) is 0.414. The number of benzene rings is 2. The highest BCUT2D eigenvalue weighted by Crippen LogP contribution is 2.32. The number of amides is 4. The molecule has 216 valence electrons. The van der Waals surface area contributed by atoms with Crippen LogP contribution in [0.4, 0.5) is 0 Å². The van der Waals surface area contributed by atoms with E-state index in [1.54, 1.807) is 0 Å². The number of hydrogen-bond donors (Lipinski definition) is 4. The van der Waals surface area contributed by atoms with Gasteiger partial charge in [0.2, 0.25) is 23.6 Å². The summed E-state index contributed by atoms with van der Waals surface area (Å²) in [5, 5.41) is 21.8. The Kier molecular flexibility index (Phi) is 10.1. The molecule has 0 radical (unpaired) electrons. The molecular weight excluding hydrogens is 524 g/mol. The Morgan fingerprint density at radius 1 is 1.02 bits per heavy atom. The van der Waals surface area contributed by atoms with Gasteiger partial charge in [-0.2, -0.15) is 5.21 Å². The Morgan fingerprint density at radius 3 is 2.39 bits per heavy atom. The minimum atomic E-state index is -0.797. The molecule has 0 bridgehead atoms. The minimum absolute atomic E-state index is 0.0399. The van der Waals surface area contributed by atoms with E-state index in [0.717, 1.165) is 11.1 Å². The van der Waals surface area contributed by atoms with Gasteiger partial charge in [-0.1, -0.05) is 86.1 Å². The first-order chi connectivity index (χ1) is 19.9. The monoisotopic (exact) mass is 560 g/mol. The van der Waals surface area contributed by atoms with E-state index in [0.29, 0.717) is 25.2 Å². The molecule has 2 aromatic carbocycles. The van der Waals surface area contributed by atoms with Crippen LogP contribution in [0.15, 0.2) is 60.7 Å². The summed E-state index contributed by atoms with van der Waals surface area (Å²) in [7, 11) is 0. The summed E-state index contributed by atoms with van der Waals surface area (Å²) in [6.45, 7) is 3.92. The number of aromatic nitrogens is 4. The van der Waals surface area contributed by atoms with Gasteiger partial charge >= 0.3 is 0 Å². The van der Waals surface area contributed by atoms with Crippen molar-refractivity contribution in [3.05, 3.63) is 77.6 Å². The molecule has 4 amide bonds. The van der Waals surface area contributed by atoms with Crippen molar-refractivity contribution in [1.29, 1.82) is 0 Å². The first kappa shape index (κ1) is 29.4. The Morgan fingerprint density at radius 2 is 1.73 bits per heavy atom. The molecule has 4 atom stereocenters. The standard InChI is InChI=1S/C29H36N8O4/c1-3-19(2)27(32-25(38)14-20-10-6-4-7-11-20)29(41)31-17-26(39)37-18-22(21-12-8-5-9-13-21)15-23(37)28(40)30-16-24-33-35-36-34-24/h4-13,19,22-23,27H,3,14-18H2,1-2H3,(H,30,40)(H,31,41)(H,32,38)(H,33,34,35,36)/t19-,22+,23-,27-/m0/s1. The van der Waals surface area contributed by atoms with Crippen molar-refractivity contribution >= 4 is 23.6 Å². The van der Waals surface area contributed by atoms with Gasteiger partial charge in [0.05, 0.1) is 19.5 Å². The van der Waals surface area contributed by atoms with E-state index >= 15 is 0 Å². The quantitative estimate of drug-likeness (QED) is 0.258. The maximum Gasteiger partial charge on any atom is 0.243 e. The molecule has 12 heteroatoms. The highest BCUT2D eigenvalue weighted by Gasteiger charge is 2.40. The largest absolute Gasteiger partial charge is 0.347 e. The van der Waals surface area contributed by atoms with Gasteiger partial charge in [-0.3, -0.25) is 19.2 Å². The summed E-state index contributed by atoms with van der Waals surface area (Å²) < 4.78 is 0. The van der Waals surface area contributed by atoms with Crippen LogP contribution in [-0.4, -0.2) is 74.3 Å². The molecule has 41 heavy (non-hydrogen) atoms. The molecule has 0 spiro atoms. The van der Waals surface area contributed by atoms with E-state index in [9.17, 15) is 19.2 Å². The summed E-state index contributed by atoms with van der Waals surface area (Å²) in [6.07, 6.45) is 1.24. The van der Waals surface area contributed by atoms with E-state index in [1.807, 2.05) is 74.5 Å². The first-order valence-corrected chi connectivity index (χ1v) is 13.8. The lowest BCUT2D eigenvalue weighted by molar-refractivity contribution is -0.139. The minimum Gasteiger partial charge on any atom is -0.347 e. The summed E-state index contributed by atoms with van der Waals surface area (Å²) in [5.41, 5.74) is 1.87. The highest BCUT2D eigenvalue weighted by atomic mass is 16.2. The summed E-state index contributed by atoms with van der Waals surface area (Å²) in [5.74, 6) is -1.29. The van der Waals surface area contributed by atoms with Crippen LogP contribution in [-0.2, 0) is 32.1 Å². The number of likely N-dealkylation sites (tertiary alicyclic amines) is 1. The number of H-pyrrole nitrogens is 1. The normalized spacial score (nSPS) is 17.9. The lowest BCUT2D eigenvalue weighted by atomic mass is 9.96. The molecule has 1 aliphatic heterocycles. The molecule has 1 saturated heterocycles. The third-order valence-corrected chi connectivity index (χ3v) is 7.44. The van der Waals surface area contributed by atoms with Gasteiger partial charge in [0.1, 0.15) is 12.1 Å². The van der Waals surface area contributed by atoms with Crippen LogP contribution in [0.1, 0.15) is 49.6 Å². The molecule has 0 aliphatic carbocycles. The molecular formula is C29H36N8O4. The van der Waals surface area contributed by atoms with Gasteiger partial charge < -0.3 is 20.9 Å². The van der Waals surface area contributed by atoms with Gasteiger partial charge in [-0.15, -0.1) is 10.2 Å². The molecule has 2 heterocycles. The van der Waals surface area contributed by atoms with Crippen molar-refractivity contribution in [1.82, 2.24) is 41.5 Å². The van der Waals surface area contributed by atoms with Crippen LogP contribution in [0.3, 0.4) is 0 Å². The number of carbonyl (C=O) groups excluding carboxylic acids is 4. The first-order valence-electron chi connectivity index (χ1n) is 13.8. The van der Waals surface area contributed by atoms with Gasteiger partial charge in [0.15, 0.2) is 5.82 Å². The van der Waals surface area contributed by atoms with E-state index in [2.05, 4.69) is 36.6 Å². The third kappa shape index (κ3) is 7.96. The second kappa shape index (κ2) is 14.1. The van der Waals surface area contributed by atoms with E-state index < -0.39 is 18.0 Å². The number of aromatic amines is 1. The van der Waals surface area contributed by atoms with Gasteiger partial charge in [-0.25, -0.2) is 0 Å². The van der Waals surface area contributed by atoms with Gasteiger partial charge in [0.25, 0.3) is 0 Å². The smallest absolute Gasteiger partial charge is 0.243 e. The van der Waals surface area contributed by atoms with Crippen LogP contribution in [0.2, 0.25) is 0 Å². The van der Waals surface area contributed by atoms with Crippen LogP contribution in [0.25, 0.3) is 0 Å². The van der Waals surface area contributed by atoms with E-state index in [1.165, 1.54) is 4.90 Å². The second-order valence-corrected chi connectivity index (χ2v) is 10.3. The number of hydrogen-bond acceptors (Lipinski definition) is 7. The van der Waals surface area contributed by atoms with Crippen molar-refractivity contribution in [3.8, 4) is 0 Å². The number of tetrazole rings is 1. The molecule has 0 saturated carbocycles. The van der Waals surface area contributed by atoms with Crippen molar-refractivity contribution < 1.29 is 19.2 Å². The lowest BCUT2D eigenvalue weighted by Gasteiger charge is -2.26. The summed E-state index contributed by atoms with van der Waals surface area (Å²) in [6, 6.07) is 17.5. The molecule has 12 nitrogen and oxygen atoms in total. The highest BCUT2D eigenvalue weighted by molar-refractivity contribution is 5.93. The van der Waals surface area contributed by atoms with Crippen LogP contribution < -0.4 is 16.0 Å². The average Bonchev–Trinajstić information content (AvgIpc) is 3.69. The third-order valence-electron chi connectivity index (χ3n) is 7.44. The van der Waals surface area contributed by atoms with Crippen molar-refractivity contribution in [3.63, 3.8) is 0 Å². The number of rotatable bonds is 12. The van der Waals surface area contributed by atoms with Crippen LogP contribution in [0.5, 0.6) is 0 Å². The van der Waals surface area contributed by atoms with Gasteiger partial charge in [0, 0.05) is 12.5 Å². The predicted octanol–water partition coefficient (Wildman–Crippen LogP) is 1.09. The number of nitrogens with zero attached hydrogens (tertiary/aromatic N) is 4.